The Morgan fingerprint density at radius 1 is 1.27 bits per heavy atom. The van der Waals surface area contributed by atoms with E-state index in [-0.39, 0.29) is 12.0 Å². The predicted octanol–water partition coefficient (Wildman–Crippen LogP) is -2.99. The molecule has 2 aliphatic heterocycles. The number of rotatable bonds is 5. The van der Waals surface area contributed by atoms with E-state index in [1.54, 1.807) is 0 Å². The predicted molar refractivity (Wildman–Crippen MR) is 97.3 cm³/mol. The Morgan fingerprint density at radius 2 is 1.97 bits per heavy atom. The molecule has 0 saturated carbocycles. The molecular formula is C16H23N5O9. The van der Waals surface area contributed by atoms with E-state index < -0.39 is 72.9 Å². The molecular weight excluding hydrogens is 406 g/mol. The maximum absolute atomic E-state index is 12.1. The summed E-state index contributed by atoms with van der Waals surface area (Å²) >= 11 is 0. The molecule has 3 rings (SSSR count). The molecule has 0 aromatic carbocycles. The number of hydrogen-bond acceptors (Lipinski definition) is 10. The van der Waals surface area contributed by atoms with E-state index >= 15 is 0 Å². The van der Waals surface area contributed by atoms with Crippen molar-refractivity contribution < 1.29 is 35.0 Å². The molecule has 1 aromatic rings. The smallest absolute Gasteiger partial charge is 0.330 e. The van der Waals surface area contributed by atoms with Crippen LogP contribution in [0.4, 0.5) is 0 Å². The highest BCUT2D eigenvalue weighted by Gasteiger charge is 2.51. The summed E-state index contributed by atoms with van der Waals surface area (Å²) in [6.45, 7) is 0.795. The third-order valence-corrected chi connectivity index (χ3v) is 5.40. The van der Waals surface area contributed by atoms with Crippen LogP contribution in [0.15, 0.2) is 20.9 Å². The second-order valence-corrected chi connectivity index (χ2v) is 7.33. The molecule has 9 atom stereocenters. The molecule has 14 heteroatoms. The highest BCUT2D eigenvalue weighted by atomic mass is 16.6. The van der Waals surface area contributed by atoms with Gasteiger partial charge in [-0.15, -0.1) is 0 Å². The van der Waals surface area contributed by atoms with E-state index in [1.807, 2.05) is 0 Å². The quantitative estimate of drug-likeness (QED) is 0.159. The van der Waals surface area contributed by atoms with Crippen molar-refractivity contribution in [2.45, 2.75) is 68.3 Å². The van der Waals surface area contributed by atoms with Crippen molar-refractivity contribution in [3.8, 4) is 0 Å². The van der Waals surface area contributed by atoms with Gasteiger partial charge in [-0.05, 0) is 12.5 Å². The number of H-pyrrole nitrogens is 1. The summed E-state index contributed by atoms with van der Waals surface area (Å²) in [7, 11) is 0. The van der Waals surface area contributed by atoms with Gasteiger partial charge in [0.15, 0.2) is 0 Å². The third kappa shape index (κ3) is 3.99. The molecule has 2 fully saturated rings. The Hall–Kier alpha value is -2.29. The van der Waals surface area contributed by atoms with Crippen LogP contribution in [-0.2, 0) is 9.47 Å². The summed E-state index contributed by atoms with van der Waals surface area (Å²) in [6.07, 6.45) is -10.5. The minimum atomic E-state index is -1.73. The van der Waals surface area contributed by atoms with Crippen LogP contribution in [0.1, 0.15) is 18.2 Å². The van der Waals surface area contributed by atoms with E-state index in [4.69, 9.17) is 15.0 Å². The Labute approximate surface area is 168 Å². The first kappa shape index (κ1) is 22.4. The SMILES string of the molecule is Cc1cn([C@H]2C[C@H](N=[N+]=[N-])[C@@H](C(O)[C@@H]3O[C@H](CO)[C@H](O)[C@H](O)[C@H]3O)O2)c(=O)[nH]c1=O. The van der Waals surface area contributed by atoms with Crippen LogP contribution in [0.3, 0.4) is 0 Å². The topological polar surface area (TPSA) is 223 Å². The van der Waals surface area contributed by atoms with E-state index in [9.17, 15) is 35.1 Å². The Morgan fingerprint density at radius 3 is 2.60 bits per heavy atom. The maximum Gasteiger partial charge on any atom is 0.330 e. The maximum atomic E-state index is 12.1. The first-order chi connectivity index (χ1) is 14.2. The van der Waals surface area contributed by atoms with Crippen LogP contribution < -0.4 is 11.2 Å². The summed E-state index contributed by atoms with van der Waals surface area (Å²) < 4.78 is 12.1. The van der Waals surface area contributed by atoms with Gasteiger partial charge in [0.25, 0.3) is 5.56 Å². The molecule has 30 heavy (non-hydrogen) atoms. The molecule has 1 aromatic heterocycles. The van der Waals surface area contributed by atoms with Crippen molar-refractivity contribution in [1.82, 2.24) is 9.55 Å². The summed E-state index contributed by atoms with van der Waals surface area (Å²) in [6, 6.07) is -0.985. The van der Waals surface area contributed by atoms with Crippen molar-refractivity contribution in [2.75, 3.05) is 6.61 Å². The molecule has 2 saturated heterocycles. The second kappa shape index (κ2) is 8.83. The average molecular weight is 429 g/mol. The number of ether oxygens (including phenoxy) is 2. The Kier molecular flexibility index (Phi) is 6.59. The van der Waals surface area contributed by atoms with E-state index in [2.05, 4.69) is 15.0 Å². The number of aromatic nitrogens is 2. The number of aliphatic hydroxyl groups is 5. The molecule has 14 nitrogen and oxygen atoms in total. The zero-order chi connectivity index (χ0) is 22.2. The van der Waals surface area contributed by atoms with E-state index in [0.29, 0.717) is 0 Å². The Balaban J connectivity index is 1.88. The number of aryl methyl sites for hydroxylation is 1. The van der Waals surface area contributed by atoms with Gasteiger partial charge in [0.1, 0.15) is 42.9 Å². The fraction of sp³-hybridized carbons (Fsp3) is 0.750. The monoisotopic (exact) mass is 429 g/mol. The van der Waals surface area contributed by atoms with Crippen LogP contribution in [-0.4, -0.2) is 90.5 Å². The lowest BCUT2D eigenvalue weighted by molar-refractivity contribution is -0.260. The minimum absolute atomic E-state index is 0.0331. The third-order valence-electron chi connectivity index (χ3n) is 5.40. The summed E-state index contributed by atoms with van der Waals surface area (Å²) in [5, 5.41) is 53.7. The fourth-order valence-electron chi connectivity index (χ4n) is 3.73. The highest BCUT2D eigenvalue weighted by Crippen LogP contribution is 2.35. The molecule has 0 spiro atoms. The second-order valence-electron chi connectivity index (χ2n) is 7.33. The molecule has 0 bridgehead atoms. The molecule has 166 valence electrons. The van der Waals surface area contributed by atoms with Crippen LogP contribution in [0.25, 0.3) is 10.4 Å². The first-order valence-corrected chi connectivity index (χ1v) is 9.20. The Bertz CT molecular complexity index is 926. The highest BCUT2D eigenvalue weighted by molar-refractivity contribution is 5.04. The number of nitrogens with zero attached hydrogens (tertiary/aromatic N) is 4. The van der Waals surface area contributed by atoms with E-state index in [1.165, 1.54) is 13.1 Å². The summed E-state index contributed by atoms with van der Waals surface area (Å²) in [4.78, 5) is 28.6. The van der Waals surface area contributed by atoms with Crippen LogP contribution >= 0.6 is 0 Å². The number of aliphatic hydroxyl groups excluding tert-OH is 5. The molecule has 0 aliphatic carbocycles. The van der Waals surface area contributed by atoms with Gasteiger partial charge < -0.3 is 35.0 Å². The van der Waals surface area contributed by atoms with E-state index in [0.717, 1.165) is 4.57 Å². The van der Waals surface area contributed by atoms with Gasteiger partial charge in [0.05, 0.1) is 18.8 Å². The van der Waals surface area contributed by atoms with Gasteiger partial charge in [-0.25, -0.2) is 4.79 Å². The van der Waals surface area contributed by atoms with Gasteiger partial charge in [0.2, 0.25) is 0 Å². The lowest BCUT2D eigenvalue weighted by Gasteiger charge is -2.43. The number of hydrogen-bond donors (Lipinski definition) is 6. The molecule has 2 aliphatic rings. The van der Waals surface area contributed by atoms with Crippen molar-refractivity contribution in [3.05, 3.63) is 43.0 Å². The van der Waals surface area contributed by atoms with Crippen molar-refractivity contribution in [3.63, 3.8) is 0 Å². The molecule has 0 radical (unpaired) electrons. The van der Waals surface area contributed by atoms with Crippen LogP contribution in [0, 0.1) is 6.92 Å². The van der Waals surface area contributed by atoms with Crippen molar-refractivity contribution in [1.29, 1.82) is 0 Å². The van der Waals surface area contributed by atoms with Crippen LogP contribution in [0.2, 0.25) is 0 Å². The average Bonchev–Trinajstić information content (AvgIpc) is 3.12. The first-order valence-electron chi connectivity index (χ1n) is 9.20. The zero-order valence-corrected chi connectivity index (χ0v) is 15.8. The molecule has 1 unspecified atom stereocenters. The van der Waals surface area contributed by atoms with Gasteiger partial charge in [-0.1, -0.05) is 5.11 Å². The van der Waals surface area contributed by atoms with Gasteiger partial charge >= 0.3 is 5.69 Å². The number of nitrogens with one attached hydrogen (secondary N) is 1. The standard InChI is InChI=1S/C16H23N5O9/c1-5-3-21(16(28)18-15(5)27)8-2-6(19-20-17)13(30-8)12(26)14-11(25)10(24)9(23)7(4-22)29-14/h3,6-14,22-26H,2,4H2,1H3,(H,18,27,28)/t6-,7+,8+,9-,10-,11+,12?,13-,14+/m0/s1. The van der Waals surface area contributed by atoms with Crippen LogP contribution in [0.5, 0.6) is 0 Å². The molecule has 0 amide bonds. The minimum Gasteiger partial charge on any atom is -0.394 e. The largest absolute Gasteiger partial charge is 0.394 e. The summed E-state index contributed by atoms with van der Waals surface area (Å²) in [5.41, 5.74) is 7.75. The van der Waals surface area contributed by atoms with Crippen molar-refractivity contribution in [2.24, 2.45) is 5.11 Å². The lowest BCUT2D eigenvalue weighted by atomic mass is 9.89. The number of azide groups is 1. The fourth-order valence-corrected chi connectivity index (χ4v) is 3.73. The number of aromatic amines is 1. The van der Waals surface area contributed by atoms with Gasteiger partial charge in [0, 0.05) is 23.1 Å². The van der Waals surface area contributed by atoms with Crippen molar-refractivity contribution >= 4 is 0 Å². The lowest BCUT2D eigenvalue weighted by Crippen LogP contribution is -2.63. The molecule has 6 N–H and O–H groups in total. The summed E-state index contributed by atoms with van der Waals surface area (Å²) in [5.74, 6) is 0. The normalized spacial score (nSPS) is 37.5. The molecule has 3 heterocycles. The van der Waals surface area contributed by atoms with Gasteiger partial charge in [-0.2, -0.15) is 0 Å². The zero-order valence-electron chi connectivity index (χ0n) is 15.8. The van der Waals surface area contributed by atoms with Gasteiger partial charge in [-0.3, -0.25) is 14.3 Å².